The van der Waals surface area contributed by atoms with Gasteiger partial charge in [0.1, 0.15) is 5.58 Å². The number of fused-ring (bicyclic) bond motifs is 1. The third-order valence-electron chi connectivity index (χ3n) is 5.08. The summed E-state index contributed by atoms with van der Waals surface area (Å²) in [7, 11) is 0. The molecular formula is C20H16F3NO5-2. The molecule has 0 fully saturated rings. The molecule has 1 atom stereocenters. The predicted octanol–water partition coefficient (Wildman–Crippen LogP) is 1.26. The first-order valence-corrected chi connectivity index (χ1v) is 8.60. The Kier molecular flexibility index (Phi) is 5.04. The van der Waals surface area contributed by atoms with Crippen molar-refractivity contribution >= 4 is 28.5 Å². The molecule has 6 nitrogen and oxygen atoms in total. The molecule has 3 rings (SSSR count). The van der Waals surface area contributed by atoms with Crippen LogP contribution in [0.1, 0.15) is 25.0 Å². The quantitative estimate of drug-likeness (QED) is 0.765. The number of nitrogens with one attached hydrogen (secondary N) is 1. The second-order valence-corrected chi connectivity index (χ2v) is 7.21. The molecule has 29 heavy (non-hydrogen) atoms. The summed E-state index contributed by atoms with van der Waals surface area (Å²) < 4.78 is 45.2. The van der Waals surface area contributed by atoms with E-state index >= 15 is 0 Å². The van der Waals surface area contributed by atoms with Gasteiger partial charge in [0.05, 0.1) is 23.8 Å². The summed E-state index contributed by atoms with van der Waals surface area (Å²) >= 11 is 0. The Labute approximate surface area is 163 Å². The lowest BCUT2D eigenvalue weighted by Crippen LogP contribution is -2.51. The molecule has 9 heteroatoms. The molecule has 1 aromatic carbocycles. The lowest BCUT2D eigenvalue weighted by molar-refractivity contribution is -0.303. The maximum absolute atomic E-state index is 13.3. The van der Waals surface area contributed by atoms with E-state index in [0.29, 0.717) is 17.2 Å². The minimum absolute atomic E-state index is 0.0127. The van der Waals surface area contributed by atoms with Gasteiger partial charge in [-0.3, -0.25) is 0 Å². The number of carbonyl (C=O) groups is 2. The zero-order chi connectivity index (χ0) is 21.6. The molecular weight excluding hydrogens is 391 g/mol. The number of hydrogen-bond donors (Lipinski definition) is 1. The van der Waals surface area contributed by atoms with Gasteiger partial charge in [-0.1, -0.05) is 26.0 Å². The number of alkyl halides is 3. The molecule has 2 aromatic rings. The Morgan fingerprint density at radius 1 is 1.24 bits per heavy atom. The van der Waals surface area contributed by atoms with Gasteiger partial charge in [0, 0.05) is 29.0 Å². The van der Waals surface area contributed by atoms with Gasteiger partial charge < -0.3 is 29.5 Å². The first kappa shape index (κ1) is 20.7. The van der Waals surface area contributed by atoms with E-state index in [4.69, 9.17) is 4.42 Å². The fraction of sp³-hybridized carbons (Fsp3) is 0.300. The van der Waals surface area contributed by atoms with Gasteiger partial charge in [0.15, 0.2) is 0 Å². The Balaban J connectivity index is 2.15. The van der Waals surface area contributed by atoms with Crippen molar-refractivity contribution in [3.8, 4) is 0 Å². The first-order valence-electron chi connectivity index (χ1n) is 8.60. The van der Waals surface area contributed by atoms with E-state index in [2.05, 4.69) is 5.32 Å². The molecule has 0 bridgehead atoms. The minimum Gasteiger partial charge on any atom is -0.545 e. The highest BCUT2D eigenvalue weighted by Crippen LogP contribution is 2.46. The molecule has 0 radical (unpaired) electrons. The van der Waals surface area contributed by atoms with E-state index in [1.54, 1.807) is 19.9 Å². The van der Waals surface area contributed by atoms with Crippen molar-refractivity contribution in [1.29, 1.82) is 0 Å². The van der Waals surface area contributed by atoms with Crippen molar-refractivity contribution in [2.45, 2.75) is 26.1 Å². The van der Waals surface area contributed by atoms with Crippen molar-refractivity contribution in [1.82, 2.24) is 5.32 Å². The molecule has 0 amide bonds. The second kappa shape index (κ2) is 7.07. The molecule has 0 aliphatic carbocycles. The van der Waals surface area contributed by atoms with Crippen LogP contribution in [0.2, 0.25) is 0 Å². The van der Waals surface area contributed by atoms with E-state index in [9.17, 15) is 33.0 Å². The van der Waals surface area contributed by atoms with Crippen molar-refractivity contribution in [2.24, 2.45) is 5.41 Å². The number of carboxylic acids is 2. The van der Waals surface area contributed by atoms with Crippen LogP contribution in [0.3, 0.4) is 0 Å². The molecule has 1 aliphatic heterocycles. The summed E-state index contributed by atoms with van der Waals surface area (Å²) in [6.45, 7) is 3.45. The van der Waals surface area contributed by atoms with Crippen LogP contribution in [0.15, 0.2) is 46.6 Å². The molecule has 0 saturated heterocycles. The predicted molar refractivity (Wildman–Crippen MR) is 92.9 cm³/mol. The van der Waals surface area contributed by atoms with Crippen molar-refractivity contribution < 1.29 is 37.4 Å². The fourth-order valence-corrected chi connectivity index (χ4v) is 3.82. The lowest BCUT2D eigenvalue weighted by atomic mass is 9.69. The smallest absolute Gasteiger partial charge is 0.417 e. The Morgan fingerprint density at radius 2 is 1.93 bits per heavy atom. The maximum atomic E-state index is 13.3. The number of aliphatic carboxylic acids is 2. The number of halogens is 3. The third-order valence-corrected chi connectivity index (χ3v) is 5.08. The molecule has 2 heterocycles. The average molecular weight is 407 g/mol. The normalized spacial score (nSPS) is 19.8. The zero-order valence-electron chi connectivity index (χ0n) is 15.4. The van der Waals surface area contributed by atoms with Gasteiger partial charge in [-0.2, -0.15) is 13.2 Å². The van der Waals surface area contributed by atoms with Crippen LogP contribution in [0.4, 0.5) is 13.2 Å². The van der Waals surface area contributed by atoms with Crippen LogP contribution in [0.5, 0.6) is 0 Å². The number of carboxylic acid groups (broad SMARTS) is 2. The standard InChI is InChI=1S/C20H18F3NO5/c1-19(2)13(5-7-24-17(19)12(18(27)28)9-15(25)26)10-3-4-14(20(21,22)23)11-6-8-29-16(10)11/h3-6,8-9,17,24H,7H2,1-2H3,(H,25,26)(H,27,28)/p-2/b12-9+. The summed E-state index contributed by atoms with van der Waals surface area (Å²) in [6, 6.07) is 2.44. The van der Waals surface area contributed by atoms with Crippen LogP contribution in [0, 0.1) is 5.41 Å². The van der Waals surface area contributed by atoms with E-state index in [-0.39, 0.29) is 17.5 Å². The summed E-state index contributed by atoms with van der Waals surface area (Å²) in [4.78, 5) is 22.5. The van der Waals surface area contributed by atoms with Crippen molar-refractivity contribution in [2.75, 3.05) is 6.54 Å². The highest BCUT2D eigenvalue weighted by Gasteiger charge is 2.40. The Bertz CT molecular complexity index is 1050. The van der Waals surface area contributed by atoms with Gasteiger partial charge in [0.25, 0.3) is 0 Å². The van der Waals surface area contributed by atoms with Gasteiger partial charge in [-0.15, -0.1) is 0 Å². The topological polar surface area (TPSA) is 105 Å². The molecule has 0 saturated carbocycles. The van der Waals surface area contributed by atoms with Crippen molar-refractivity contribution in [3.05, 3.63) is 53.3 Å². The minimum atomic E-state index is -4.57. The molecule has 1 unspecified atom stereocenters. The summed E-state index contributed by atoms with van der Waals surface area (Å²) in [6.07, 6.45) is -1.27. The zero-order valence-corrected chi connectivity index (χ0v) is 15.4. The number of benzene rings is 1. The van der Waals surface area contributed by atoms with Gasteiger partial charge in [-0.25, -0.2) is 0 Å². The SMILES string of the molecule is CC1(C)C(c2ccc(C(F)(F)F)c3ccoc23)=CCNC1/C(=C\C(=O)[O-])C(=O)[O-]. The molecule has 1 aromatic heterocycles. The molecule has 1 N–H and O–H groups in total. The Hall–Kier alpha value is -3.07. The van der Waals surface area contributed by atoms with E-state index in [0.717, 1.165) is 12.3 Å². The Morgan fingerprint density at radius 3 is 2.52 bits per heavy atom. The van der Waals surface area contributed by atoms with Crippen molar-refractivity contribution in [3.63, 3.8) is 0 Å². The van der Waals surface area contributed by atoms with Crippen LogP contribution in [-0.4, -0.2) is 24.5 Å². The van der Waals surface area contributed by atoms with Gasteiger partial charge in [-0.05, 0) is 29.4 Å². The largest absolute Gasteiger partial charge is 0.545 e. The molecule has 0 spiro atoms. The van der Waals surface area contributed by atoms with Crippen LogP contribution < -0.4 is 15.5 Å². The summed E-state index contributed by atoms with van der Waals surface area (Å²) in [5.74, 6) is -3.38. The molecule has 154 valence electrons. The van der Waals surface area contributed by atoms with Gasteiger partial charge >= 0.3 is 6.18 Å². The summed E-state index contributed by atoms with van der Waals surface area (Å²) in [5, 5.41) is 25.3. The van der Waals surface area contributed by atoms with Crippen LogP contribution in [0.25, 0.3) is 16.5 Å². The van der Waals surface area contributed by atoms with E-state index in [1.807, 2.05) is 0 Å². The van der Waals surface area contributed by atoms with Gasteiger partial charge in [0.2, 0.25) is 0 Å². The fourth-order valence-electron chi connectivity index (χ4n) is 3.82. The third kappa shape index (κ3) is 3.65. The number of rotatable bonds is 4. The highest BCUT2D eigenvalue weighted by atomic mass is 19.4. The molecule has 1 aliphatic rings. The van der Waals surface area contributed by atoms with Crippen LogP contribution >= 0.6 is 0 Å². The van der Waals surface area contributed by atoms with E-state index < -0.39 is 40.7 Å². The lowest BCUT2D eigenvalue weighted by Gasteiger charge is -2.42. The second-order valence-electron chi connectivity index (χ2n) is 7.21. The van der Waals surface area contributed by atoms with Crippen LogP contribution in [-0.2, 0) is 15.8 Å². The maximum Gasteiger partial charge on any atom is 0.417 e. The summed E-state index contributed by atoms with van der Waals surface area (Å²) in [5.41, 5.74) is -1.51. The first-order chi connectivity index (χ1) is 13.4. The number of carbonyl (C=O) groups excluding carboxylic acids is 2. The number of furan rings is 1. The van der Waals surface area contributed by atoms with E-state index in [1.165, 1.54) is 12.1 Å². The highest BCUT2D eigenvalue weighted by molar-refractivity contribution is 5.97. The average Bonchev–Trinajstić information content (AvgIpc) is 3.07. The number of hydrogen-bond acceptors (Lipinski definition) is 6. The monoisotopic (exact) mass is 407 g/mol.